The number of halogens is 1. The highest BCUT2D eigenvalue weighted by Crippen LogP contribution is 2.20. The molecule has 1 amide bonds. The van der Waals surface area contributed by atoms with Crippen molar-refractivity contribution in [2.45, 2.75) is 33.4 Å². The van der Waals surface area contributed by atoms with Gasteiger partial charge in [0.2, 0.25) is 5.91 Å². The van der Waals surface area contributed by atoms with Crippen LogP contribution in [0.5, 0.6) is 0 Å². The summed E-state index contributed by atoms with van der Waals surface area (Å²) in [4.78, 5) is 13.8. The molecular weight excluding hydrogens is 295 g/mol. The molecule has 23 heavy (non-hydrogen) atoms. The second-order valence-electron chi connectivity index (χ2n) is 6.18. The molecule has 1 unspecified atom stereocenters. The van der Waals surface area contributed by atoms with Gasteiger partial charge in [-0.15, -0.1) is 0 Å². The number of amides is 1. The molecule has 6 heteroatoms. The molecule has 2 heterocycles. The Bertz CT molecular complexity index is 723. The second-order valence-corrected chi connectivity index (χ2v) is 6.18. The molecule has 122 valence electrons. The molecule has 1 saturated heterocycles. The Morgan fingerprint density at radius 3 is 2.65 bits per heavy atom. The molecule has 1 aliphatic heterocycles. The van der Waals surface area contributed by atoms with Gasteiger partial charge < -0.3 is 5.32 Å². The van der Waals surface area contributed by atoms with Gasteiger partial charge in [-0.25, -0.2) is 9.07 Å². The molecule has 0 spiro atoms. The van der Waals surface area contributed by atoms with Crippen LogP contribution in [-0.4, -0.2) is 39.7 Å². The first kappa shape index (κ1) is 15.7. The summed E-state index contributed by atoms with van der Waals surface area (Å²) in [6.45, 7) is 7.90. The molecule has 1 N–H and O–H groups in total. The summed E-state index contributed by atoms with van der Waals surface area (Å²) in [5.41, 5.74) is 3.91. The maximum absolute atomic E-state index is 13.1. The van der Waals surface area contributed by atoms with Crippen LogP contribution in [0.4, 0.5) is 4.39 Å². The van der Waals surface area contributed by atoms with Crippen molar-refractivity contribution in [3.63, 3.8) is 0 Å². The molecule has 1 atom stereocenters. The summed E-state index contributed by atoms with van der Waals surface area (Å²) in [6, 6.07) is 6.46. The Hall–Kier alpha value is -2.21. The predicted octanol–water partition coefficient (Wildman–Crippen LogP) is 1.95. The van der Waals surface area contributed by atoms with Crippen molar-refractivity contribution < 1.29 is 9.18 Å². The third-order valence-electron chi connectivity index (χ3n) is 4.20. The van der Waals surface area contributed by atoms with Gasteiger partial charge in [0.05, 0.1) is 17.9 Å². The summed E-state index contributed by atoms with van der Waals surface area (Å²) in [5.74, 6) is -0.200. The Morgan fingerprint density at radius 2 is 2.00 bits per heavy atom. The lowest BCUT2D eigenvalue weighted by Crippen LogP contribution is -2.52. The van der Waals surface area contributed by atoms with E-state index in [9.17, 15) is 9.18 Å². The molecule has 0 bridgehead atoms. The lowest BCUT2D eigenvalue weighted by atomic mass is 10.1. The van der Waals surface area contributed by atoms with E-state index in [2.05, 4.69) is 15.3 Å². The first-order valence-corrected chi connectivity index (χ1v) is 7.77. The van der Waals surface area contributed by atoms with Crippen LogP contribution in [0.15, 0.2) is 24.3 Å². The number of piperazine rings is 1. The van der Waals surface area contributed by atoms with Crippen LogP contribution >= 0.6 is 0 Å². The molecule has 0 saturated carbocycles. The largest absolute Gasteiger partial charge is 0.351 e. The van der Waals surface area contributed by atoms with Gasteiger partial charge in [-0.05, 0) is 45.0 Å². The third-order valence-corrected chi connectivity index (χ3v) is 4.20. The van der Waals surface area contributed by atoms with Gasteiger partial charge in [0.25, 0.3) is 0 Å². The first-order chi connectivity index (χ1) is 10.9. The van der Waals surface area contributed by atoms with Crippen molar-refractivity contribution in [3.05, 3.63) is 47.0 Å². The van der Waals surface area contributed by atoms with Crippen LogP contribution in [0.3, 0.4) is 0 Å². The van der Waals surface area contributed by atoms with Crippen LogP contribution < -0.4 is 5.32 Å². The topological polar surface area (TPSA) is 50.2 Å². The van der Waals surface area contributed by atoms with Crippen molar-refractivity contribution in [3.8, 4) is 5.69 Å². The maximum atomic E-state index is 13.1. The summed E-state index contributed by atoms with van der Waals surface area (Å²) < 4.78 is 14.9. The zero-order chi connectivity index (χ0) is 16.6. The number of nitrogens with zero attached hydrogens (tertiary/aromatic N) is 3. The molecule has 1 aliphatic rings. The summed E-state index contributed by atoms with van der Waals surface area (Å²) in [5, 5.41) is 7.50. The normalized spacial score (nSPS) is 19.0. The summed E-state index contributed by atoms with van der Waals surface area (Å²) in [7, 11) is 0. The van der Waals surface area contributed by atoms with E-state index in [-0.39, 0.29) is 17.8 Å². The van der Waals surface area contributed by atoms with E-state index < -0.39 is 0 Å². The highest BCUT2D eigenvalue weighted by atomic mass is 19.1. The van der Waals surface area contributed by atoms with Gasteiger partial charge >= 0.3 is 0 Å². The number of hydrogen-bond donors (Lipinski definition) is 1. The minimum absolute atomic E-state index is 0.0602. The average Bonchev–Trinajstić information content (AvgIpc) is 2.75. The van der Waals surface area contributed by atoms with Gasteiger partial charge in [0.1, 0.15) is 5.82 Å². The van der Waals surface area contributed by atoms with Crippen LogP contribution in [0.2, 0.25) is 0 Å². The lowest BCUT2D eigenvalue weighted by molar-refractivity contribution is -0.125. The number of rotatable bonds is 3. The lowest BCUT2D eigenvalue weighted by Gasteiger charge is -2.31. The van der Waals surface area contributed by atoms with Gasteiger partial charge in [-0.3, -0.25) is 9.69 Å². The minimum Gasteiger partial charge on any atom is -0.351 e. The second kappa shape index (κ2) is 6.12. The van der Waals surface area contributed by atoms with E-state index in [0.29, 0.717) is 13.1 Å². The summed E-state index contributed by atoms with van der Waals surface area (Å²) >= 11 is 0. The van der Waals surface area contributed by atoms with E-state index in [4.69, 9.17) is 0 Å². The van der Waals surface area contributed by atoms with Crippen molar-refractivity contribution in [2.75, 3.05) is 13.1 Å². The van der Waals surface area contributed by atoms with E-state index in [0.717, 1.165) is 29.2 Å². The number of hydrogen-bond acceptors (Lipinski definition) is 3. The number of benzene rings is 1. The molecule has 5 nitrogen and oxygen atoms in total. The smallest absolute Gasteiger partial charge is 0.234 e. The fraction of sp³-hybridized carbons (Fsp3) is 0.412. The predicted molar refractivity (Wildman–Crippen MR) is 85.9 cm³/mol. The van der Waals surface area contributed by atoms with Crippen molar-refractivity contribution in [1.82, 2.24) is 20.0 Å². The maximum Gasteiger partial charge on any atom is 0.234 e. The van der Waals surface area contributed by atoms with Crippen LogP contribution in [0.1, 0.15) is 23.9 Å². The van der Waals surface area contributed by atoms with Crippen molar-refractivity contribution in [2.24, 2.45) is 0 Å². The first-order valence-electron chi connectivity index (χ1n) is 7.77. The van der Waals surface area contributed by atoms with Gasteiger partial charge in [-0.2, -0.15) is 5.10 Å². The Labute approximate surface area is 135 Å². The fourth-order valence-electron chi connectivity index (χ4n) is 3.10. The minimum atomic E-state index is -0.260. The highest BCUT2D eigenvalue weighted by molar-refractivity contribution is 5.79. The van der Waals surface area contributed by atoms with E-state index in [1.54, 1.807) is 12.1 Å². The quantitative estimate of drug-likeness (QED) is 0.941. The third kappa shape index (κ3) is 3.27. The standard InChI is InChI=1S/C17H21FN4O/c1-11-8-21(10-17(23)19-11)9-16-12(2)20-22(13(16)3)15-6-4-14(18)5-7-15/h4-7,11H,8-10H2,1-3H3,(H,19,23). The zero-order valence-corrected chi connectivity index (χ0v) is 13.6. The van der Waals surface area contributed by atoms with Crippen molar-refractivity contribution in [1.29, 1.82) is 0 Å². The molecule has 0 aliphatic carbocycles. The fourth-order valence-corrected chi connectivity index (χ4v) is 3.10. The SMILES string of the molecule is Cc1nn(-c2ccc(F)cc2)c(C)c1CN1CC(=O)NC(C)C1. The molecule has 1 fully saturated rings. The van der Waals surface area contributed by atoms with E-state index in [1.165, 1.54) is 12.1 Å². The number of carbonyl (C=O) groups excluding carboxylic acids is 1. The molecule has 3 rings (SSSR count). The monoisotopic (exact) mass is 316 g/mol. The van der Waals surface area contributed by atoms with E-state index >= 15 is 0 Å². The number of aromatic nitrogens is 2. The van der Waals surface area contributed by atoms with Gasteiger partial charge in [-0.1, -0.05) is 0 Å². The molecule has 0 radical (unpaired) electrons. The molecule has 1 aromatic heterocycles. The highest BCUT2D eigenvalue weighted by Gasteiger charge is 2.23. The molecular formula is C17H21FN4O. The Balaban J connectivity index is 1.86. The van der Waals surface area contributed by atoms with E-state index in [1.807, 2.05) is 25.5 Å². The van der Waals surface area contributed by atoms with Crippen molar-refractivity contribution >= 4 is 5.91 Å². The average molecular weight is 316 g/mol. The number of nitrogens with one attached hydrogen (secondary N) is 1. The van der Waals surface area contributed by atoms with Crippen LogP contribution in [0.25, 0.3) is 5.69 Å². The van der Waals surface area contributed by atoms with Crippen LogP contribution in [-0.2, 0) is 11.3 Å². The number of aryl methyl sites for hydroxylation is 1. The molecule has 1 aromatic carbocycles. The van der Waals surface area contributed by atoms with Gasteiger partial charge in [0.15, 0.2) is 0 Å². The van der Waals surface area contributed by atoms with Gasteiger partial charge in [0, 0.05) is 30.4 Å². The van der Waals surface area contributed by atoms with Crippen LogP contribution in [0, 0.1) is 19.7 Å². The molecule has 2 aromatic rings. The Morgan fingerprint density at radius 1 is 1.30 bits per heavy atom. The Kier molecular flexibility index (Phi) is 4.17. The number of carbonyl (C=O) groups is 1. The zero-order valence-electron chi connectivity index (χ0n) is 13.6. The summed E-state index contributed by atoms with van der Waals surface area (Å²) in [6.07, 6.45) is 0.